The van der Waals surface area contributed by atoms with Gasteiger partial charge < -0.3 is 10.6 Å². The summed E-state index contributed by atoms with van der Waals surface area (Å²) in [6.45, 7) is 2.57. The Morgan fingerprint density at radius 2 is 2.33 bits per heavy atom. The van der Waals surface area contributed by atoms with Crippen molar-refractivity contribution in [2.24, 2.45) is 5.92 Å². The number of aromatic nitrogens is 3. The number of amides is 1. The van der Waals surface area contributed by atoms with Gasteiger partial charge in [-0.1, -0.05) is 24.5 Å². The number of nitrogens with one attached hydrogen (secondary N) is 2. The van der Waals surface area contributed by atoms with Crippen molar-refractivity contribution in [3.8, 4) is 0 Å². The van der Waals surface area contributed by atoms with E-state index in [9.17, 15) is 4.79 Å². The summed E-state index contributed by atoms with van der Waals surface area (Å²) < 4.78 is 1.78. The first-order valence-electron chi connectivity index (χ1n) is 6.73. The summed E-state index contributed by atoms with van der Waals surface area (Å²) >= 11 is 0. The van der Waals surface area contributed by atoms with Crippen LogP contribution in [0.3, 0.4) is 0 Å². The molecule has 0 atom stereocenters. The van der Waals surface area contributed by atoms with Crippen molar-refractivity contribution in [3.05, 3.63) is 11.9 Å². The fourth-order valence-corrected chi connectivity index (χ4v) is 2.28. The summed E-state index contributed by atoms with van der Waals surface area (Å²) in [5.74, 6) is 0.717. The predicted octanol–water partition coefficient (Wildman–Crippen LogP) is 0.342. The average Bonchev–Trinajstić information content (AvgIpc) is 2.68. The molecule has 98 valence electrons. The van der Waals surface area contributed by atoms with Crippen molar-refractivity contribution >= 4 is 5.91 Å². The zero-order chi connectivity index (χ0) is 12.4. The van der Waals surface area contributed by atoms with Gasteiger partial charge in [0.1, 0.15) is 0 Å². The van der Waals surface area contributed by atoms with Crippen molar-refractivity contribution in [1.82, 2.24) is 25.6 Å². The molecule has 18 heavy (non-hydrogen) atoms. The van der Waals surface area contributed by atoms with Crippen LogP contribution in [0, 0.1) is 5.92 Å². The lowest BCUT2D eigenvalue weighted by molar-refractivity contribution is 0.0944. The van der Waals surface area contributed by atoms with E-state index in [4.69, 9.17) is 0 Å². The van der Waals surface area contributed by atoms with Gasteiger partial charge in [-0.05, 0) is 12.3 Å². The average molecular weight is 249 g/mol. The monoisotopic (exact) mass is 249 g/mol. The van der Waals surface area contributed by atoms with Crippen LogP contribution in [0.5, 0.6) is 0 Å². The molecule has 2 N–H and O–H groups in total. The molecule has 0 unspecified atom stereocenters. The van der Waals surface area contributed by atoms with Crippen molar-refractivity contribution in [2.75, 3.05) is 19.6 Å². The third-order valence-electron chi connectivity index (χ3n) is 3.94. The van der Waals surface area contributed by atoms with Crippen LogP contribution in [0.4, 0.5) is 0 Å². The molecule has 2 fully saturated rings. The van der Waals surface area contributed by atoms with E-state index in [1.54, 1.807) is 10.9 Å². The normalized spacial score (nSPS) is 20.2. The SMILES string of the molecule is O=C(NCCC1CCC1)c1cn(C2CNC2)nn1. The van der Waals surface area contributed by atoms with Gasteiger partial charge in [0.2, 0.25) is 0 Å². The maximum atomic E-state index is 11.8. The van der Waals surface area contributed by atoms with E-state index >= 15 is 0 Å². The van der Waals surface area contributed by atoms with Crippen LogP contribution in [0.25, 0.3) is 0 Å². The Kier molecular flexibility index (Phi) is 3.27. The standard InChI is InChI=1S/C12H19N5O/c18-12(14-5-4-9-2-1-3-9)11-8-17(16-15-11)10-6-13-7-10/h8-10,13H,1-7H2,(H,14,18). The number of nitrogens with zero attached hydrogens (tertiary/aromatic N) is 3. The molecule has 1 saturated heterocycles. The van der Waals surface area contributed by atoms with E-state index in [1.807, 2.05) is 0 Å². The summed E-state index contributed by atoms with van der Waals surface area (Å²) in [5, 5.41) is 14.0. The molecule has 1 aliphatic heterocycles. The van der Waals surface area contributed by atoms with Gasteiger partial charge in [-0.25, -0.2) is 4.68 Å². The first-order valence-corrected chi connectivity index (χ1v) is 6.73. The van der Waals surface area contributed by atoms with Crippen molar-refractivity contribution in [2.45, 2.75) is 31.7 Å². The number of carbonyl (C=O) groups excluding carboxylic acids is 1. The highest BCUT2D eigenvalue weighted by atomic mass is 16.2. The Bertz CT molecular complexity index is 422. The summed E-state index contributed by atoms with van der Waals surface area (Å²) in [4.78, 5) is 11.8. The van der Waals surface area contributed by atoms with Crippen molar-refractivity contribution in [3.63, 3.8) is 0 Å². The van der Waals surface area contributed by atoms with Crippen LogP contribution in [0.1, 0.15) is 42.2 Å². The van der Waals surface area contributed by atoms with Crippen molar-refractivity contribution < 1.29 is 4.79 Å². The fraction of sp³-hybridized carbons (Fsp3) is 0.750. The molecule has 1 saturated carbocycles. The molecule has 1 aromatic rings. The lowest BCUT2D eigenvalue weighted by Gasteiger charge is -2.26. The quantitative estimate of drug-likeness (QED) is 0.789. The maximum absolute atomic E-state index is 11.8. The lowest BCUT2D eigenvalue weighted by Crippen LogP contribution is -2.43. The van der Waals surface area contributed by atoms with Crippen LogP contribution < -0.4 is 10.6 Å². The lowest BCUT2D eigenvalue weighted by atomic mass is 9.83. The fourth-order valence-electron chi connectivity index (χ4n) is 2.28. The highest BCUT2D eigenvalue weighted by Gasteiger charge is 2.22. The number of carbonyl (C=O) groups is 1. The van der Waals surface area contributed by atoms with E-state index in [-0.39, 0.29) is 5.91 Å². The molecule has 2 heterocycles. The molecule has 1 aromatic heterocycles. The Labute approximate surface area is 106 Å². The maximum Gasteiger partial charge on any atom is 0.273 e. The minimum absolute atomic E-state index is 0.104. The Morgan fingerprint density at radius 1 is 1.50 bits per heavy atom. The van der Waals surface area contributed by atoms with Crippen LogP contribution in [-0.2, 0) is 0 Å². The minimum atomic E-state index is -0.104. The number of hydrogen-bond donors (Lipinski definition) is 2. The second-order valence-electron chi connectivity index (χ2n) is 5.24. The molecular formula is C12H19N5O. The van der Waals surface area contributed by atoms with Crippen LogP contribution in [0.2, 0.25) is 0 Å². The summed E-state index contributed by atoms with van der Waals surface area (Å²) in [7, 11) is 0. The minimum Gasteiger partial charge on any atom is -0.351 e. The molecule has 2 aliphatic rings. The molecule has 1 amide bonds. The highest BCUT2D eigenvalue weighted by Crippen LogP contribution is 2.28. The molecule has 6 heteroatoms. The third-order valence-corrected chi connectivity index (χ3v) is 3.94. The molecule has 0 bridgehead atoms. The van der Waals surface area contributed by atoms with Crippen LogP contribution in [0.15, 0.2) is 6.20 Å². The van der Waals surface area contributed by atoms with E-state index in [0.29, 0.717) is 11.7 Å². The number of rotatable bonds is 5. The van der Waals surface area contributed by atoms with E-state index in [0.717, 1.165) is 32.0 Å². The van der Waals surface area contributed by atoms with Gasteiger partial charge >= 0.3 is 0 Å². The summed E-state index contributed by atoms with van der Waals surface area (Å²) in [5.41, 5.74) is 0.426. The topological polar surface area (TPSA) is 71.8 Å². The van der Waals surface area contributed by atoms with Gasteiger partial charge in [-0.3, -0.25) is 4.79 Å². The largest absolute Gasteiger partial charge is 0.351 e. The zero-order valence-electron chi connectivity index (χ0n) is 10.4. The Hall–Kier alpha value is -1.43. The van der Waals surface area contributed by atoms with E-state index in [2.05, 4.69) is 20.9 Å². The Morgan fingerprint density at radius 3 is 2.94 bits per heavy atom. The van der Waals surface area contributed by atoms with Gasteiger partial charge in [0.25, 0.3) is 5.91 Å². The van der Waals surface area contributed by atoms with Gasteiger partial charge in [0.15, 0.2) is 5.69 Å². The summed E-state index contributed by atoms with van der Waals surface area (Å²) in [6.07, 6.45) is 6.82. The van der Waals surface area contributed by atoms with Gasteiger partial charge in [-0.2, -0.15) is 0 Å². The first-order chi connectivity index (χ1) is 8.83. The predicted molar refractivity (Wildman–Crippen MR) is 66.2 cm³/mol. The molecule has 0 radical (unpaired) electrons. The smallest absolute Gasteiger partial charge is 0.273 e. The molecular weight excluding hydrogens is 230 g/mol. The summed E-state index contributed by atoms with van der Waals surface area (Å²) in [6, 6.07) is 0.356. The molecule has 0 aromatic carbocycles. The molecule has 0 spiro atoms. The zero-order valence-corrected chi connectivity index (χ0v) is 10.4. The van der Waals surface area contributed by atoms with E-state index < -0.39 is 0 Å². The Balaban J connectivity index is 1.46. The van der Waals surface area contributed by atoms with E-state index in [1.165, 1.54) is 19.3 Å². The highest BCUT2D eigenvalue weighted by molar-refractivity contribution is 5.91. The second-order valence-corrected chi connectivity index (χ2v) is 5.24. The van der Waals surface area contributed by atoms with Crippen LogP contribution in [-0.4, -0.2) is 40.5 Å². The second kappa shape index (κ2) is 5.06. The number of hydrogen-bond acceptors (Lipinski definition) is 4. The molecule has 3 rings (SSSR count). The van der Waals surface area contributed by atoms with Crippen LogP contribution >= 0.6 is 0 Å². The van der Waals surface area contributed by atoms with Crippen molar-refractivity contribution in [1.29, 1.82) is 0 Å². The third kappa shape index (κ3) is 2.38. The van der Waals surface area contributed by atoms with Gasteiger partial charge in [-0.15, -0.1) is 5.10 Å². The molecule has 6 nitrogen and oxygen atoms in total. The molecule has 1 aliphatic carbocycles. The first kappa shape index (κ1) is 11.6. The van der Waals surface area contributed by atoms with Gasteiger partial charge in [0.05, 0.1) is 12.2 Å². The van der Waals surface area contributed by atoms with Gasteiger partial charge in [0, 0.05) is 19.6 Å².